The molecule has 0 spiro atoms. The smallest absolute Gasteiger partial charge is 0.224 e. The number of anilines is 2. The van der Waals surface area contributed by atoms with Gasteiger partial charge >= 0.3 is 0 Å². The number of nitrogen functional groups attached to an aromatic ring is 1. The van der Waals surface area contributed by atoms with Crippen molar-refractivity contribution < 1.29 is 18.0 Å². The van der Waals surface area contributed by atoms with Crippen LogP contribution in [0, 0.1) is 0 Å². The minimum absolute atomic E-state index is 0.0223. The molecule has 35 heavy (non-hydrogen) atoms. The Labute approximate surface area is 210 Å². The third-order valence-corrected chi connectivity index (χ3v) is 16.8. The molecule has 198 valence electrons. The number of hydrogen-bond acceptors (Lipinski definition) is 8. The number of nitrogens with one attached hydrogen (secondary N) is 1. The molecule has 3 rings (SSSR count). The predicted molar refractivity (Wildman–Crippen MR) is 143 cm³/mol. The highest BCUT2D eigenvalue weighted by atomic mass is 28.4. The summed E-state index contributed by atoms with van der Waals surface area (Å²) in [4.78, 5) is 12.9. The number of ether oxygens (including phenoxy) is 1. The molecule has 0 aromatic carbocycles. The molecule has 12 heteroatoms. The quantitative estimate of drug-likeness (QED) is 0.480. The Kier molecular flexibility index (Phi) is 7.48. The number of nitrogens with zero attached hydrogens (tertiary/aromatic N) is 4. The van der Waals surface area contributed by atoms with Crippen molar-refractivity contribution in [2.24, 2.45) is 0 Å². The molecule has 2 aromatic heterocycles. The van der Waals surface area contributed by atoms with Crippen LogP contribution in [0.4, 0.5) is 16.2 Å². The van der Waals surface area contributed by atoms with E-state index in [-0.39, 0.29) is 22.6 Å². The van der Waals surface area contributed by atoms with E-state index in [1.165, 1.54) is 6.33 Å². The summed E-state index contributed by atoms with van der Waals surface area (Å²) < 4.78 is 37.3. The van der Waals surface area contributed by atoms with Crippen LogP contribution in [0.1, 0.15) is 47.8 Å². The summed E-state index contributed by atoms with van der Waals surface area (Å²) in [6, 6.07) is 0. The van der Waals surface area contributed by atoms with Crippen LogP contribution in [-0.4, -0.2) is 68.2 Å². The van der Waals surface area contributed by atoms with Gasteiger partial charge in [-0.2, -0.15) is 9.97 Å². The molecule has 1 fully saturated rings. The van der Waals surface area contributed by atoms with E-state index in [9.17, 15) is 0 Å². The minimum Gasteiger partial charge on any atom is -0.414 e. The average molecular weight is 527 g/mol. The fourth-order valence-electron chi connectivity index (χ4n) is 3.51. The van der Waals surface area contributed by atoms with E-state index in [0.29, 0.717) is 17.0 Å². The van der Waals surface area contributed by atoms with Gasteiger partial charge in [0.15, 0.2) is 46.0 Å². The van der Waals surface area contributed by atoms with Crippen LogP contribution >= 0.6 is 0 Å². The summed E-state index contributed by atoms with van der Waals surface area (Å²) in [5.41, 5.74) is 6.82. The van der Waals surface area contributed by atoms with Crippen molar-refractivity contribution in [3.8, 4) is 0 Å². The number of fused-ring (bicyclic) bond motifs is 1. The van der Waals surface area contributed by atoms with Crippen LogP contribution in [0.3, 0.4) is 0 Å². The molecule has 0 aliphatic carbocycles. The van der Waals surface area contributed by atoms with Gasteiger partial charge in [0.25, 0.3) is 0 Å². The number of rotatable bonds is 7. The number of hydrogen-bond donors (Lipinski definition) is 2. The Bertz CT molecular complexity index is 1050. The van der Waals surface area contributed by atoms with Gasteiger partial charge < -0.3 is 24.6 Å². The lowest BCUT2D eigenvalue weighted by atomic mass is 10.1. The normalized spacial score (nSPS) is 24.3. The first-order valence-corrected chi connectivity index (χ1v) is 18.0. The van der Waals surface area contributed by atoms with Crippen molar-refractivity contribution in [1.29, 1.82) is 0 Å². The molecular formula is C23H43FN6O3Si2. The average Bonchev–Trinajstić information content (AvgIpc) is 3.25. The first kappa shape index (κ1) is 28.0. The van der Waals surface area contributed by atoms with Crippen molar-refractivity contribution >= 4 is 39.6 Å². The van der Waals surface area contributed by atoms with Crippen molar-refractivity contribution in [3.63, 3.8) is 0 Å². The van der Waals surface area contributed by atoms with Gasteiger partial charge in [-0.25, -0.2) is 9.37 Å². The molecule has 0 radical (unpaired) electrons. The van der Waals surface area contributed by atoms with Crippen LogP contribution in [-0.2, 0) is 13.6 Å². The number of halogens is 1. The fourth-order valence-corrected chi connectivity index (χ4v) is 5.84. The molecule has 3 heterocycles. The second-order valence-electron chi connectivity index (χ2n) is 12.4. The molecule has 2 aromatic rings. The fraction of sp³-hybridized carbons (Fsp3) is 0.783. The lowest BCUT2D eigenvalue weighted by molar-refractivity contribution is -0.0421. The highest BCUT2D eigenvalue weighted by Gasteiger charge is 2.52. The number of imidazole rings is 1. The van der Waals surface area contributed by atoms with Crippen LogP contribution < -0.4 is 11.1 Å². The third-order valence-electron chi connectivity index (χ3n) is 7.87. The summed E-state index contributed by atoms with van der Waals surface area (Å²) in [7, 11) is -2.66. The molecule has 0 saturated carbocycles. The van der Waals surface area contributed by atoms with Gasteiger partial charge in [-0.1, -0.05) is 41.5 Å². The van der Waals surface area contributed by atoms with Crippen LogP contribution in [0.25, 0.3) is 11.2 Å². The molecule has 0 bridgehead atoms. The number of alkyl halides is 1. The van der Waals surface area contributed by atoms with Gasteiger partial charge in [0.2, 0.25) is 5.95 Å². The van der Waals surface area contributed by atoms with E-state index in [1.54, 1.807) is 11.6 Å². The maximum absolute atomic E-state index is 16.2. The van der Waals surface area contributed by atoms with E-state index >= 15 is 4.39 Å². The monoisotopic (exact) mass is 526 g/mol. The molecular weight excluding hydrogens is 483 g/mol. The number of aromatic nitrogens is 4. The van der Waals surface area contributed by atoms with Crippen LogP contribution in [0.5, 0.6) is 0 Å². The van der Waals surface area contributed by atoms with Crippen molar-refractivity contribution in [3.05, 3.63) is 6.33 Å². The van der Waals surface area contributed by atoms with Gasteiger partial charge in [0.05, 0.1) is 12.9 Å². The van der Waals surface area contributed by atoms with Gasteiger partial charge in [-0.3, -0.25) is 4.57 Å². The molecule has 4 atom stereocenters. The van der Waals surface area contributed by atoms with Crippen molar-refractivity contribution in [2.45, 2.75) is 102 Å². The first-order valence-electron chi connectivity index (χ1n) is 12.2. The largest absolute Gasteiger partial charge is 0.414 e. The summed E-state index contributed by atoms with van der Waals surface area (Å²) in [6.07, 6.45) is -2.23. The Balaban J connectivity index is 1.98. The maximum Gasteiger partial charge on any atom is 0.224 e. The SMILES string of the molecule is CNc1nc(N)nc2c1ncn2[C@@H]1O[C@H](CO[Si](C)(C)C(C)(C)C)C(O[Si](C)(C)C(C)(C)C)[C@H]1F. The summed E-state index contributed by atoms with van der Waals surface area (Å²) in [5.74, 6) is 0.551. The Hall–Kier alpha value is -1.61. The second kappa shape index (κ2) is 9.36. The molecule has 9 nitrogen and oxygen atoms in total. The predicted octanol–water partition coefficient (Wildman–Crippen LogP) is 5.10. The van der Waals surface area contributed by atoms with Gasteiger partial charge in [0, 0.05) is 7.05 Å². The van der Waals surface area contributed by atoms with Gasteiger partial charge in [-0.15, -0.1) is 0 Å². The Morgan fingerprint density at radius 1 is 1.09 bits per heavy atom. The van der Waals surface area contributed by atoms with E-state index in [4.69, 9.17) is 19.3 Å². The summed E-state index contributed by atoms with van der Waals surface area (Å²) in [6.45, 7) is 21.8. The summed E-state index contributed by atoms with van der Waals surface area (Å²) in [5, 5.41) is 2.91. The summed E-state index contributed by atoms with van der Waals surface area (Å²) >= 11 is 0. The van der Waals surface area contributed by atoms with E-state index in [0.717, 1.165) is 0 Å². The lowest BCUT2D eigenvalue weighted by Crippen LogP contribution is -2.50. The maximum atomic E-state index is 16.2. The second-order valence-corrected chi connectivity index (χ2v) is 22.0. The van der Waals surface area contributed by atoms with E-state index in [2.05, 4.69) is 88.0 Å². The standard InChI is InChI=1S/C23H43FN6O3Si2/c1-22(2,3)34(8,9)31-12-14-17(33-35(10,11)23(4,5)6)15(24)20(32-14)30-13-27-16-18(26-7)28-21(25)29-19(16)30/h13-15,17,20H,12H2,1-11H3,(H3,25,26,28,29)/t14-,15-,17?,20-/m1/s1. The highest BCUT2D eigenvalue weighted by molar-refractivity contribution is 6.74. The van der Waals surface area contributed by atoms with Gasteiger partial charge in [0.1, 0.15) is 12.2 Å². The van der Waals surface area contributed by atoms with Gasteiger partial charge in [-0.05, 0) is 36.3 Å². The third kappa shape index (κ3) is 5.41. The molecule has 0 amide bonds. The minimum atomic E-state index is -2.30. The van der Waals surface area contributed by atoms with Crippen LogP contribution in [0.2, 0.25) is 36.3 Å². The molecule has 1 unspecified atom stereocenters. The van der Waals surface area contributed by atoms with Crippen LogP contribution in [0.15, 0.2) is 6.33 Å². The topological polar surface area (TPSA) is 109 Å². The van der Waals surface area contributed by atoms with E-state index in [1.807, 2.05) is 0 Å². The number of nitrogens with two attached hydrogens (primary N) is 1. The van der Waals surface area contributed by atoms with Crippen molar-refractivity contribution in [2.75, 3.05) is 24.7 Å². The van der Waals surface area contributed by atoms with Crippen molar-refractivity contribution in [1.82, 2.24) is 19.5 Å². The lowest BCUT2D eigenvalue weighted by Gasteiger charge is -2.40. The zero-order valence-electron chi connectivity index (χ0n) is 23.1. The highest BCUT2D eigenvalue weighted by Crippen LogP contribution is 2.44. The zero-order valence-corrected chi connectivity index (χ0v) is 25.1. The zero-order chi connectivity index (χ0) is 26.6. The molecule has 1 saturated heterocycles. The molecule has 1 aliphatic heterocycles. The first-order chi connectivity index (χ1) is 15.9. The Morgan fingerprint density at radius 2 is 1.69 bits per heavy atom. The van der Waals surface area contributed by atoms with E-state index < -0.39 is 41.2 Å². The molecule has 3 N–H and O–H groups in total. The molecule has 1 aliphatic rings. The Morgan fingerprint density at radius 3 is 2.23 bits per heavy atom.